The van der Waals surface area contributed by atoms with E-state index in [9.17, 15) is 0 Å². The summed E-state index contributed by atoms with van der Waals surface area (Å²) in [5.41, 5.74) is 1.16. The van der Waals surface area contributed by atoms with E-state index in [1.54, 1.807) is 21.3 Å². The average Bonchev–Trinajstić information content (AvgIpc) is 2.35. The molecule has 1 aromatic rings. The molecule has 0 aliphatic rings. The van der Waals surface area contributed by atoms with Crippen molar-refractivity contribution in [2.45, 2.75) is 26.2 Å². The van der Waals surface area contributed by atoms with Crippen LogP contribution in [0.5, 0.6) is 17.2 Å². The molecule has 1 atom stereocenters. The third-order valence-corrected chi connectivity index (χ3v) is 2.88. The number of hydrogen-bond acceptors (Lipinski definition) is 3. The lowest BCUT2D eigenvalue weighted by Gasteiger charge is -2.18. The first-order chi connectivity index (χ1) is 7.69. The van der Waals surface area contributed by atoms with Gasteiger partial charge in [-0.3, -0.25) is 0 Å². The van der Waals surface area contributed by atoms with Gasteiger partial charge in [0.25, 0.3) is 0 Å². The van der Waals surface area contributed by atoms with Crippen molar-refractivity contribution in [2.24, 2.45) is 0 Å². The van der Waals surface area contributed by atoms with Gasteiger partial charge in [0.15, 0.2) is 11.5 Å². The predicted molar refractivity (Wildman–Crippen MR) is 64.8 cm³/mol. The van der Waals surface area contributed by atoms with Crippen LogP contribution in [0.3, 0.4) is 0 Å². The third-order valence-electron chi connectivity index (χ3n) is 2.88. The highest BCUT2D eigenvalue weighted by Crippen LogP contribution is 2.42. The van der Waals surface area contributed by atoms with Gasteiger partial charge in [-0.05, 0) is 18.4 Å². The van der Waals surface area contributed by atoms with Crippen LogP contribution < -0.4 is 14.2 Å². The van der Waals surface area contributed by atoms with E-state index in [1.807, 2.05) is 12.1 Å². The fourth-order valence-electron chi connectivity index (χ4n) is 1.73. The van der Waals surface area contributed by atoms with E-state index >= 15 is 0 Å². The standard InChI is InChI=1S/C13H20O3/c1-6-9(2)10-7-8-11(14-3)13(16-5)12(10)15-4/h7-9H,6H2,1-5H3. The maximum Gasteiger partial charge on any atom is 0.203 e. The largest absolute Gasteiger partial charge is 0.493 e. The molecular formula is C13H20O3. The van der Waals surface area contributed by atoms with Crippen LogP contribution in [-0.2, 0) is 0 Å². The van der Waals surface area contributed by atoms with Crippen LogP contribution in [-0.4, -0.2) is 21.3 Å². The average molecular weight is 224 g/mol. The number of rotatable bonds is 5. The second-order valence-corrected chi connectivity index (χ2v) is 3.73. The molecule has 0 radical (unpaired) electrons. The Hall–Kier alpha value is -1.38. The van der Waals surface area contributed by atoms with Gasteiger partial charge < -0.3 is 14.2 Å². The Morgan fingerprint density at radius 1 is 1.00 bits per heavy atom. The highest BCUT2D eigenvalue weighted by molar-refractivity contribution is 5.56. The van der Waals surface area contributed by atoms with Crippen molar-refractivity contribution in [1.29, 1.82) is 0 Å². The summed E-state index contributed by atoms with van der Waals surface area (Å²) in [5, 5.41) is 0. The van der Waals surface area contributed by atoms with Crippen LogP contribution in [0.4, 0.5) is 0 Å². The van der Waals surface area contributed by atoms with Crippen molar-refractivity contribution in [3.63, 3.8) is 0 Å². The Morgan fingerprint density at radius 2 is 1.62 bits per heavy atom. The molecule has 16 heavy (non-hydrogen) atoms. The first kappa shape index (κ1) is 12.7. The van der Waals surface area contributed by atoms with E-state index in [2.05, 4.69) is 13.8 Å². The lowest BCUT2D eigenvalue weighted by atomic mass is 9.97. The molecule has 0 aliphatic carbocycles. The molecule has 0 aromatic heterocycles. The fraction of sp³-hybridized carbons (Fsp3) is 0.538. The Bertz CT molecular complexity index is 347. The molecule has 1 unspecified atom stereocenters. The number of ether oxygens (including phenoxy) is 3. The molecule has 3 nitrogen and oxygen atoms in total. The summed E-state index contributed by atoms with van der Waals surface area (Å²) in [7, 11) is 4.91. The minimum Gasteiger partial charge on any atom is -0.493 e. The Kier molecular flexibility index (Phi) is 4.47. The minimum absolute atomic E-state index is 0.440. The van der Waals surface area contributed by atoms with Crippen LogP contribution in [0.15, 0.2) is 12.1 Å². The van der Waals surface area contributed by atoms with Crippen molar-refractivity contribution in [3.8, 4) is 17.2 Å². The Balaban J connectivity index is 3.31. The topological polar surface area (TPSA) is 27.7 Å². The maximum atomic E-state index is 5.43. The van der Waals surface area contributed by atoms with E-state index in [0.29, 0.717) is 17.4 Å². The van der Waals surface area contributed by atoms with Crippen LogP contribution in [0, 0.1) is 0 Å². The van der Waals surface area contributed by atoms with Crippen molar-refractivity contribution in [1.82, 2.24) is 0 Å². The lowest BCUT2D eigenvalue weighted by molar-refractivity contribution is 0.321. The molecule has 0 fully saturated rings. The van der Waals surface area contributed by atoms with E-state index in [4.69, 9.17) is 14.2 Å². The zero-order valence-electron chi connectivity index (χ0n) is 10.7. The van der Waals surface area contributed by atoms with E-state index in [-0.39, 0.29) is 0 Å². The van der Waals surface area contributed by atoms with Gasteiger partial charge >= 0.3 is 0 Å². The predicted octanol–water partition coefficient (Wildman–Crippen LogP) is 3.23. The van der Waals surface area contributed by atoms with Crippen LogP contribution in [0.25, 0.3) is 0 Å². The summed E-state index contributed by atoms with van der Waals surface area (Å²) in [6.45, 7) is 4.32. The van der Waals surface area contributed by atoms with Gasteiger partial charge in [0.2, 0.25) is 5.75 Å². The van der Waals surface area contributed by atoms with Crippen LogP contribution in [0.1, 0.15) is 31.7 Å². The van der Waals surface area contributed by atoms with Gasteiger partial charge in [0.05, 0.1) is 21.3 Å². The molecule has 0 saturated heterocycles. The van der Waals surface area contributed by atoms with E-state index in [0.717, 1.165) is 17.7 Å². The molecule has 3 heteroatoms. The molecule has 0 N–H and O–H groups in total. The SMILES string of the molecule is CCC(C)c1ccc(OC)c(OC)c1OC. The molecule has 0 amide bonds. The zero-order valence-corrected chi connectivity index (χ0v) is 10.7. The van der Waals surface area contributed by atoms with Crippen molar-refractivity contribution >= 4 is 0 Å². The Labute approximate surface area is 97.3 Å². The summed E-state index contributed by atoms with van der Waals surface area (Å²) in [5.74, 6) is 2.58. The molecule has 1 aromatic carbocycles. The van der Waals surface area contributed by atoms with Crippen molar-refractivity contribution < 1.29 is 14.2 Å². The molecule has 0 spiro atoms. The molecule has 0 bridgehead atoms. The molecule has 0 aliphatic heterocycles. The second-order valence-electron chi connectivity index (χ2n) is 3.73. The number of methoxy groups -OCH3 is 3. The van der Waals surface area contributed by atoms with Gasteiger partial charge in [0, 0.05) is 5.56 Å². The van der Waals surface area contributed by atoms with Gasteiger partial charge in [-0.2, -0.15) is 0 Å². The normalized spacial score (nSPS) is 12.1. The monoisotopic (exact) mass is 224 g/mol. The molecule has 0 saturated carbocycles. The van der Waals surface area contributed by atoms with Crippen molar-refractivity contribution in [2.75, 3.05) is 21.3 Å². The van der Waals surface area contributed by atoms with Crippen molar-refractivity contribution in [3.05, 3.63) is 17.7 Å². The zero-order chi connectivity index (χ0) is 12.1. The van der Waals surface area contributed by atoms with E-state index in [1.165, 1.54) is 0 Å². The van der Waals surface area contributed by atoms with Gasteiger partial charge in [-0.1, -0.05) is 19.9 Å². The fourth-order valence-corrected chi connectivity index (χ4v) is 1.73. The highest BCUT2D eigenvalue weighted by atomic mass is 16.5. The number of benzene rings is 1. The minimum atomic E-state index is 0.440. The lowest BCUT2D eigenvalue weighted by Crippen LogP contribution is -2.01. The highest BCUT2D eigenvalue weighted by Gasteiger charge is 2.18. The molecule has 90 valence electrons. The van der Waals surface area contributed by atoms with Crippen LogP contribution >= 0.6 is 0 Å². The summed E-state index contributed by atoms with van der Waals surface area (Å²) >= 11 is 0. The Morgan fingerprint density at radius 3 is 2.06 bits per heavy atom. The van der Waals surface area contributed by atoms with Gasteiger partial charge in [0.1, 0.15) is 0 Å². The first-order valence-corrected chi connectivity index (χ1v) is 5.48. The summed E-state index contributed by atoms with van der Waals surface area (Å²) in [4.78, 5) is 0. The maximum absolute atomic E-state index is 5.43. The number of hydrogen-bond donors (Lipinski definition) is 0. The summed E-state index contributed by atoms with van der Waals surface area (Å²) in [6, 6.07) is 3.96. The molecule has 1 rings (SSSR count). The summed E-state index contributed by atoms with van der Waals surface area (Å²) < 4.78 is 16.0. The first-order valence-electron chi connectivity index (χ1n) is 5.48. The summed E-state index contributed by atoms with van der Waals surface area (Å²) in [6.07, 6.45) is 1.06. The molecular weight excluding hydrogens is 204 g/mol. The van der Waals surface area contributed by atoms with Crippen LogP contribution in [0.2, 0.25) is 0 Å². The van der Waals surface area contributed by atoms with Gasteiger partial charge in [-0.15, -0.1) is 0 Å². The van der Waals surface area contributed by atoms with E-state index < -0.39 is 0 Å². The second kappa shape index (κ2) is 5.64. The molecule has 0 heterocycles. The smallest absolute Gasteiger partial charge is 0.203 e. The quantitative estimate of drug-likeness (QED) is 0.768. The third kappa shape index (κ3) is 2.23. The van der Waals surface area contributed by atoms with Gasteiger partial charge in [-0.25, -0.2) is 0 Å².